The molecule has 0 saturated carbocycles. The Labute approximate surface area is 129 Å². The smallest absolute Gasteiger partial charge is 0.190 e. The van der Waals surface area contributed by atoms with E-state index < -0.39 is 0 Å². The van der Waals surface area contributed by atoms with Crippen molar-refractivity contribution in [3.8, 4) is 0 Å². The normalized spacial score (nSPS) is 20.6. The maximum atomic E-state index is 4.22. The fourth-order valence-electron chi connectivity index (χ4n) is 2.30. The van der Waals surface area contributed by atoms with Crippen molar-refractivity contribution in [3.05, 3.63) is 0 Å². The standard InChI is InChI=1S/C13H28N4.HI/c1-4-7-15-13(14-3)16-10-12-6-9-17(11-12)8-5-2;/h12H,4-11H2,1-3H3,(H2,14,15,16);1H. The Morgan fingerprint density at radius 2 is 2.06 bits per heavy atom. The Balaban J connectivity index is 0.00000289. The second kappa shape index (κ2) is 10.8. The van der Waals surface area contributed by atoms with Gasteiger partial charge in [0.15, 0.2) is 5.96 Å². The summed E-state index contributed by atoms with van der Waals surface area (Å²) in [6.45, 7) is 10.2. The van der Waals surface area contributed by atoms with Crippen LogP contribution in [0.15, 0.2) is 4.99 Å². The first-order valence-electron chi connectivity index (χ1n) is 6.97. The fraction of sp³-hybridized carbons (Fsp3) is 0.923. The van der Waals surface area contributed by atoms with Crippen molar-refractivity contribution < 1.29 is 0 Å². The summed E-state index contributed by atoms with van der Waals surface area (Å²) in [4.78, 5) is 6.79. The number of rotatable bonds is 6. The zero-order valence-corrected chi connectivity index (χ0v) is 14.4. The van der Waals surface area contributed by atoms with Crippen LogP contribution in [0, 0.1) is 5.92 Å². The molecule has 2 N–H and O–H groups in total. The molecule has 1 atom stereocenters. The van der Waals surface area contributed by atoms with Gasteiger partial charge in [-0.25, -0.2) is 0 Å². The average molecular weight is 368 g/mol. The lowest BCUT2D eigenvalue weighted by Crippen LogP contribution is -2.40. The van der Waals surface area contributed by atoms with Crippen molar-refractivity contribution in [2.24, 2.45) is 10.9 Å². The highest BCUT2D eigenvalue weighted by molar-refractivity contribution is 14.0. The van der Waals surface area contributed by atoms with Crippen LogP contribution in [0.1, 0.15) is 33.1 Å². The number of nitrogens with one attached hydrogen (secondary N) is 2. The third kappa shape index (κ3) is 6.78. The van der Waals surface area contributed by atoms with Gasteiger partial charge >= 0.3 is 0 Å². The molecule has 0 aliphatic carbocycles. The van der Waals surface area contributed by atoms with Crippen LogP contribution in [0.2, 0.25) is 0 Å². The van der Waals surface area contributed by atoms with Gasteiger partial charge < -0.3 is 15.5 Å². The lowest BCUT2D eigenvalue weighted by molar-refractivity contribution is 0.324. The second-order valence-electron chi connectivity index (χ2n) is 4.84. The predicted molar refractivity (Wildman–Crippen MR) is 89.9 cm³/mol. The van der Waals surface area contributed by atoms with Crippen LogP contribution in [-0.4, -0.2) is 50.6 Å². The highest BCUT2D eigenvalue weighted by Gasteiger charge is 2.21. The predicted octanol–water partition coefficient (Wildman–Crippen LogP) is 1.91. The summed E-state index contributed by atoms with van der Waals surface area (Å²) < 4.78 is 0. The number of guanidine groups is 1. The first-order valence-corrected chi connectivity index (χ1v) is 6.97. The van der Waals surface area contributed by atoms with E-state index in [-0.39, 0.29) is 24.0 Å². The lowest BCUT2D eigenvalue weighted by atomic mass is 10.1. The molecule has 0 spiro atoms. The maximum absolute atomic E-state index is 4.22. The van der Waals surface area contributed by atoms with Gasteiger partial charge in [0, 0.05) is 26.7 Å². The molecule has 1 rings (SSSR count). The third-order valence-corrected chi connectivity index (χ3v) is 3.23. The van der Waals surface area contributed by atoms with E-state index in [1.165, 1.54) is 32.5 Å². The number of hydrogen-bond acceptors (Lipinski definition) is 2. The molecule has 1 aliphatic rings. The highest BCUT2D eigenvalue weighted by atomic mass is 127. The molecule has 0 bridgehead atoms. The molecule has 5 heteroatoms. The Morgan fingerprint density at radius 3 is 2.67 bits per heavy atom. The zero-order chi connectivity index (χ0) is 12.5. The molecule has 0 radical (unpaired) electrons. The summed E-state index contributed by atoms with van der Waals surface area (Å²) in [5.74, 6) is 1.72. The quantitative estimate of drug-likeness (QED) is 0.428. The minimum atomic E-state index is 0. The topological polar surface area (TPSA) is 39.7 Å². The van der Waals surface area contributed by atoms with Crippen molar-refractivity contribution in [1.82, 2.24) is 15.5 Å². The molecule has 0 amide bonds. The van der Waals surface area contributed by atoms with Crippen molar-refractivity contribution in [2.75, 3.05) is 39.8 Å². The number of nitrogens with zero attached hydrogens (tertiary/aromatic N) is 2. The first kappa shape index (κ1) is 18.0. The first-order chi connectivity index (χ1) is 8.30. The number of halogens is 1. The van der Waals surface area contributed by atoms with Crippen molar-refractivity contribution >= 4 is 29.9 Å². The zero-order valence-electron chi connectivity index (χ0n) is 12.0. The third-order valence-electron chi connectivity index (χ3n) is 3.23. The van der Waals surface area contributed by atoms with Crippen LogP contribution in [0.25, 0.3) is 0 Å². The summed E-state index contributed by atoms with van der Waals surface area (Å²) in [5, 5.41) is 6.73. The van der Waals surface area contributed by atoms with E-state index >= 15 is 0 Å². The number of hydrogen-bond donors (Lipinski definition) is 2. The molecular weight excluding hydrogens is 339 g/mol. The molecule has 108 valence electrons. The van der Waals surface area contributed by atoms with Crippen LogP contribution < -0.4 is 10.6 Å². The van der Waals surface area contributed by atoms with Crippen LogP contribution in [0.4, 0.5) is 0 Å². The van der Waals surface area contributed by atoms with Gasteiger partial charge in [-0.15, -0.1) is 24.0 Å². The van der Waals surface area contributed by atoms with Gasteiger partial charge in [0.25, 0.3) is 0 Å². The molecular formula is C13H29IN4. The highest BCUT2D eigenvalue weighted by Crippen LogP contribution is 2.15. The van der Waals surface area contributed by atoms with E-state index in [4.69, 9.17) is 0 Å². The number of aliphatic imine (C=N–C) groups is 1. The largest absolute Gasteiger partial charge is 0.356 e. The Bertz CT molecular complexity index is 233. The summed E-state index contributed by atoms with van der Waals surface area (Å²) in [6, 6.07) is 0. The van der Waals surface area contributed by atoms with Crippen molar-refractivity contribution in [3.63, 3.8) is 0 Å². The van der Waals surface area contributed by atoms with Crippen LogP contribution in [0.3, 0.4) is 0 Å². The molecule has 1 saturated heterocycles. The molecule has 1 fully saturated rings. The number of likely N-dealkylation sites (tertiary alicyclic amines) is 1. The molecule has 4 nitrogen and oxygen atoms in total. The van der Waals surface area contributed by atoms with E-state index in [1.54, 1.807) is 0 Å². The van der Waals surface area contributed by atoms with Gasteiger partial charge in [0.2, 0.25) is 0 Å². The lowest BCUT2D eigenvalue weighted by Gasteiger charge is -2.16. The summed E-state index contributed by atoms with van der Waals surface area (Å²) in [6.07, 6.45) is 3.71. The van der Waals surface area contributed by atoms with Crippen LogP contribution in [0.5, 0.6) is 0 Å². The van der Waals surface area contributed by atoms with Gasteiger partial charge in [0.1, 0.15) is 0 Å². The molecule has 1 aliphatic heterocycles. The average Bonchev–Trinajstić information content (AvgIpc) is 2.78. The minimum Gasteiger partial charge on any atom is -0.356 e. The molecule has 18 heavy (non-hydrogen) atoms. The Kier molecular flexibility index (Phi) is 10.8. The summed E-state index contributed by atoms with van der Waals surface area (Å²) >= 11 is 0. The molecule has 0 aromatic heterocycles. The maximum Gasteiger partial charge on any atom is 0.190 e. The van der Waals surface area contributed by atoms with Crippen LogP contribution in [-0.2, 0) is 0 Å². The Morgan fingerprint density at radius 1 is 1.28 bits per heavy atom. The van der Waals surface area contributed by atoms with E-state index in [0.717, 1.165) is 31.4 Å². The Hall–Kier alpha value is -0.0400. The molecule has 1 heterocycles. The van der Waals surface area contributed by atoms with Gasteiger partial charge in [0.05, 0.1) is 0 Å². The molecule has 0 aromatic rings. The van der Waals surface area contributed by atoms with Gasteiger partial charge in [-0.1, -0.05) is 13.8 Å². The molecule has 0 aromatic carbocycles. The van der Waals surface area contributed by atoms with E-state index in [9.17, 15) is 0 Å². The SMILES string of the molecule is CCCNC(=NC)NCC1CCN(CCC)C1.I. The molecule has 1 unspecified atom stereocenters. The fourth-order valence-corrected chi connectivity index (χ4v) is 2.30. The van der Waals surface area contributed by atoms with E-state index in [1.807, 2.05) is 7.05 Å². The van der Waals surface area contributed by atoms with Crippen LogP contribution >= 0.6 is 24.0 Å². The monoisotopic (exact) mass is 368 g/mol. The summed E-state index contributed by atoms with van der Waals surface area (Å²) in [7, 11) is 1.84. The second-order valence-corrected chi connectivity index (χ2v) is 4.84. The van der Waals surface area contributed by atoms with Crippen molar-refractivity contribution in [2.45, 2.75) is 33.1 Å². The van der Waals surface area contributed by atoms with Gasteiger partial charge in [-0.2, -0.15) is 0 Å². The van der Waals surface area contributed by atoms with Gasteiger partial charge in [-0.3, -0.25) is 4.99 Å². The van der Waals surface area contributed by atoms with E-state index in [2.05, 4.69) is 34.4 Å². The summed E-state index contributed by atoms with van der Waals surface area (Å²) in [5.41, 5.74) is 0. The van der Waals surface area contributed by atoms with E-state index in [0.29, 0.717) is 0 Å². The van der Waals surface area contributed by atoms with Gasteiger partial charge in [-0.05, 0) is 38.3 Å². The van der Waals surface area contributed by atoms with Crippen molar-refractivity contribution in [1.29, 1.82) is 0 Å². The minimum absolute atomic E-state index is 0.